The third kappa shape index (κ3) is 2.95. The van der Waals surface area contributed by atoms with Crippen LogP contribution in [0.2, 0.25) is 0 Å². The highest BCUT2D eigenvalue weighted by Crippen LogP contribution is 2.25. The summed E-state index contributed by atoms with van der Waals surface area (Å²) < 4.78 is 0. The third-order valence-electron chi connectivity index (χ3n) is 3.57. The second-order valence-electron chi connectivity index (χ2n) is 4.94. The third-order valence-corrected chi connectivity index (χ3v) is 3.57. The van der Waals surface area contributed by atoms with Gasteiger partial charge in [-0.25, -0.2) is 0 Å². The van der Waals surface area contributed by atoms with Crippen LogP contribution in [0, 0.1) is 5.92 Å². The topological polar surface area (TPSA) is 57.6 Å². The summed E-state index contributed by atoms with van der Waals surface area (Å²) in [5.74, 6) is -2.19. The molecule has 1 atom stereocenters. The van der Waals surface area contributed by atoms with E-state index in [-0.39, 0.29) is 5.91 Å². The molecule has 1 heterocycles. The minimum absolute atomic E-state index is 0.297. The van der Waals surface area contributed by atoms with Gasteiger partial charge in [0, 0.05) is 12.2 Å². The van der Waals surface area contributed by atoms with E-state index in [2.05, 4.69) is 6.92 Å². The van der Waals surface area contributed by atoms with E-state index in [1.54, 1.807) is 4.90 Å². The monoisotopic (exact) mass is 261 g/mol. The predicted octanol–water partition coefficient (Wildman–Crippen LogP) is 2.47. The Balaban J connectivity index is 2.07. The van der Waals surface area contributed by atoms with E-state index >= 15 is 0 Å². The van der Waals surface area contributed by atoms with Crippen molar-refractivity contribution < 1.29 is 14.7 Å². The van der Waals surface area contributed by atoms with Gasteiger partial charge in [-0.1, -0.05) is 25.5 Å². The molecule has 1 N–H and O–H groups in total. The number of benzene rings is 1. The molecule has 0 bridgehead atoms. The standard InChI is InChI=1S/C15H19NO3/c1-2-3-4-11-5-7-12(8-6-11)16-10-9-13(14(16)17)15(18)19/h5-8,13H,2-4,9-10H2,1H3,(H,18,19). The SMILES string of the molecule is CCCCc1ccc(N2CCC(C(=O)O)C2=O)cc1. The molecule has 1 saturated heterocycles. The molecule has 1 aliphatic rings. The van der Waals surface area contributed by atoms with Crippen LogP contribution in [0.5, 0.6) is 0 Å². The van der Waals surface area contributed by atoms with E-state index in [0.717, 1.165) is 24.9 Å². The second kappa shape index (κ2) is 5.87. The maximum atomic E-state index is 11.9. The molecule has 0 saturated carbocycles. The molecule has 1 fully saturated rings. The van der Waals surface area contributed by atoms with Crippen LogP contribution in [0.4, 0.5) is 5.69 Å². The minimum Gasteiger partial charge on any atom is -0.481 e. The highest BCUT2D eigenvalue weighted by atomic mass is 16.4. The predicted molar refractivity (Wildman–Crippen MR) is 73.1 cm³/mol. The van der Waals surface area contributed by atoms with E-state index in [0.29, 0.717) is 13.0 Å². The molecular weight excluding hydrogens is 242 g/mol. The maximum absolute atomic E-state index is 11.9. The summed E-state index contributed by atoms with van der Waals surface area (Å²) in [6, 6.07) is 7.86. The van der Waals surface area contributed by atoms with Crippen molar-refractivity contribution in [2.24, 2.45) is 5.92 Å². The van der Waals surface area contributed by atoms with E-state index in [9.17, 15) is 9.59 Å². The lowest BCUT2D eigenvalue weighted by molar-refractivity contribution is -0.144. The number of carbonyl (C=O) groups excluding carboxylic acids is 1. The number of carboxylic acid groups (broad SMARTS) is 1. The summed E-state index contributed by atoms with van der Waals surface area (Å²) in [5.41, 5.74) is 2.06. The molecule has 1 aromatic rings. The lowest BCUT2D eigenvalue weighted by atomic mass is 10.1. The number of anilines is 1. The molecule has 4 heteroatoms. The Labute approximate surface area is 113 Å². The largest absolute Gasteiger partial charge is 0.481 e. The van der Waals surface area contributed by atoms with Gasteiger partial charge in [0.1, 0.15) is 5.92 Å². The van der Waals surface area contributed by atoms with Gasteiger partial charge in [0.25, 0.3) is 0 Å². The number of unbranched alkanes of at least 4 members (excludes halogenated alkanes) is 1. The fourth-order valence-corrected chi connectivity index (χ4v) is 2.39. The average molecular weight is 261 g/mol. The normalized spacial score (nSPS) is 18.9. The highest BCUT2D eigenvalue weighted by Gasteiger charge is 2.37. The fourth-order valence-electron chi connectivity index (χ4n) is 2.39. The van der Waals surface area contributed by atoms with Crippen molar-refractivity contribution in [1.29, 1.82) is 0 Å². The molecule has 0 aromatic heterocycles. The van der Waals surface area contributed by atoms with Crippen LogP contribution in [-0.4, -0.2) is 23.5 Å². The summed E-state index contributed by atoms with van der Waals surface area (Å²) in [5, 5.41) is 8.94. The maximum Gasteiger partial charge on any atom is 0.316 e. The number of aryl methyl sites for hydroxylation is 1. The molecule has 4 nitrogen and oxygen atoms in total. The van der Waals surface area contributed by atoms with E-state index in [4.69, 9.17) is 5.11 Å². The van der Waals surface area contributed by atoms with Gasteiger partial charge >= 0.3 is 5.97 Å². The summed E-state index contributed by atoms with van der Waals surface area (Å²) in [6.45, 7) is 2.65. The number of amides is 1. The number of aliphatic carboxylic acids is 1. The van der Waals surface area contributed by atoms with Crippen LogP contribution in [0.25, 0.3) is 0 Å². The van der Waals surface area contributed by atoms with Gasteiger partial charge < -0.3 is 10.0 Å². The van der Waals surface area contributed by atoms with Crippen molar-refractivity contribution in [2.45, 2.75) is 32.6 Å². The van der Waals surface area contributed by atoms with Crippen molar-refractivity contribution in [2.75, 3.05) is 11.4 Å². The second-order valence-corrected chi connectivity index (χ2v) is 4.94. The van der Waals surface area contributed by atoms with Crippen LogP contribution in [-0.2, 0) is 16.0 Å². The molecule has 2 rings (SSSR count). The van der Waals surface area contributed by atoms with E-state index < -0.39 is 11.9 Å². The van der Waals surface area contributed by atoms with E-state index in [1.165, 1.54) is 5.56 Å². The molecule has 102 valence electrons. The summed E-state index contributed by atoms with van der Waals surface area (Å²) in [4.78, 5) is 24.4. The summed E-state index contributed by atoms with van der Waals surface area (Å²) in [7, 11) is 0. The summed E-state index contributed by atoms with van der Waals surface area (Å²) in [6.07, 6.45) is 3.75. The molecule has 0 radical (unpaired) electrons. The molecule has 1 amide bonds. The van der Waals surface area contributed by atoms with Gasteiger partial charge in [0.2, 0.25) is 5.91 Å². The van der Waals surface area contributed by atoms with Crippen LogP contribution in [0.3, 0.4) is 0 Å². The number of hydrogen-bond acceptors (Lipinski definition) is 2. The van der Waals surface area contributed by atoms with Crippen LogP contribution in [0.1, 0.15) is 31.7 Å². The fraction of sp³-hybridized carbons (Fsp3) is 0.467. The molecule has 1 aliphatic heterocycles. The first-order valence-electron chi connectivity index (χ1n) is 6.76. The van der Waals surface area contributed by atoms with Crippen LogP contribution < -0.4 is 4.90 Å². The average Bonchev–Trinajstić information content (AvgIpc) is 2.79. The lowest BCUT2D eigenvalue weighted by Crippen LogP contribution is -2.30. The molecule has 0 aliphatic carbocycles. The van der Waals surface area contributed by atoms with Crippen molar-refractivity contribution >= 4 is 17.6 Å². The summed E-state index contributed by atoms with van der Waals surface area (Å²) >= 11 is 0. The molecule has 1 aromatic carbocycles. The van der Waals surface area contributed by atoms with Gasteiger partial charge in [0.05, 0.1) is 0 Å². The van der Waals surface area contributed by atoms with Gasteiger partial charge in [0.15, 0.2) is 0 Å². The van der Waals surface area contributed by atoms with Crippen molar-refractivity contribution in [3.8, 4) is 0 Å². The Kier molecular flexibility index (Phi) is 4.20. The number of carboxylic acids is 1. The lowest BCUT2D eigenvalue weighted by Gasteiger charge is -2.16. The number of rotatable bonds is 5. The Hall–Kier alpha value is -1.84. The number of hydrogen-bond donors (Lipinski definition) is 1. The highest BCUT2D eigenvalue weighted by molar-refractivity contribution is 6.07. The molecule has 0 spiro atoms. The first-order valence-corrected chi connectivity index (χ1v) is 6.76. The zero-order valence-corrected chi connectivity index (χ0v) is 11.1. The van der Waals surface area contributed by atoms with Crippen LogP contribution in [0.15, 0.2) is 24.3 Å². The first kappa shape index (κ1) is 13.6. The van der Waals surface area contributed by atoms with Crippen molar-refractivity contribution in [1.82, 2.24) is 0 Å². The van der Waals surface area contributed by atoms with Crippen molar-refractivity contribution in [3.05, 3.63) is 29.8 Å². The number of nitrogens with zero attached hydrogens (tertiary/aromatic N) is 1. The Morgan fingerprint density at radius 2 is 2.05 bits per heavy atom. The smallest absolute Gasteiger partial charge is 0.316 e. The van der Waals surface area contributed by atoms with Gasteiger partial charge in [-0.2, -0.15) is 0 Å². The van der Waals surface area contributed by atoms with Gasteiger partial charge in [-0.15, -0.1) is 0 Å². The molecule has 1 unspecified atom stereocenters. The minimum atomic E-state index is -1.02. The van der Waals surface area contributed by atoms with E-state index in [1.807, 2.05) is 24.3 Å². The van der Waals surface area contributed by atoms with Gasteiger partial charge in [-0.05, 0) is 37.0 Å². The quantitative estimate of drug-likeness (QED) is 0.828. The Morgan fingerprint density at radius 3 is 2.58 bits per heavy atom. The Bertz CT molecular complexity index is 467. The zero-order chi connectivity index (χ0) is 13.8. The first-order chi connectivity index (χ1) is 9.13. The van der Waals surface area contributed by atoms with Crippen molar-refractivity contribution in [3.63, 3.8) is 0 Å². The number of carbonyl (C=O) groups is 2. The Morgan fingerprint density at radius 1 is 1.37 bits per heavy atom. The zero-order valence-electron chi connectivity index (χ0n) is 11.1. The molecular formula is C15H19NO3. The molecule has 19 heavy (non-hydrogen) atoms. The van der Waals surface area contributed by atoms with Gasteiger partial charge in [-0.3, -0.25) is 9.59 Å². The van der Waals surface area contributed by atoms with Crippen LogP contribution >= 0.6 is 0 Å².